The Kier molecular flexibility index (Phi) is 2.32. The lowest BCUT2D eigenvalue weighted by Crippen LogP contribution is -2.14. The van der Waals surface area contributed by atoms with Gasteiger partial charge in [0.05, 0.1) is 11.0 Å². The van der Waals surface area contributed by atoms with E-state index in [1.165, 1.54) is 6.07 Å². The van der Waals surface area contributed by atoms with Gasteiger partial charge in [-0.3, -0.25) is 4.57 Å². The minimum atomic E-state index is -1.14. The Hall–Kier alpha value is -2.83. The number of nitrogens with zero attached hydrogens (tertiary/aromatic N) is 2. The summed E-state index contributed by atoms with van der Waals surface area (Å²) in [4.78, 5) is 25.6. The van der Waals surface area contributed by atoms with Crippen molar-refractivity contribution in [1.29, 1.82) is 0 Å². The van der Waals surface area contributed by atoms with E-state index in [2.05, 4.69) is 10.1 Å². The molecule has 0 unspecified atom stereocenters. The molecule has 2 aromatic heterocycles. The molecule has 0 amide bonds. The number of nitrogens with one attached hydrogen (secondary N) is 1. The van der Waals surface area contributed by atoms with Crippen LogP contribution in [0.3, 0.4) is 0 Å². The maximum atomic E-state index is 12.0. The van der Waals surface area contributed by atoms with Crippen LogP contribution in [0.25, 0.3) is 22.4 Å². The molecule has 0 atom stereocenters. The van der Waals surface area contributed by atoms with Crippen molar-refractivity contribution < 1.29 is 14.4 Å². The molecule has 1 aliphatic carbocycles. The van der Waals surface area contributed by atoms with Crippen LogP contribution in [0.5, 0.6) is 0 Å². The summed E-state index contributed by atoms with van der Waals surface area (Å²) in [7, 11) is 0. The molecule has 106 valence electrons. The van der Waals surface area contributed by atoms with Crippen LogP contribution in [0.2, 0.25) is 0 Å². The monoisotopic (exact) mass is 285 g/mol. The molecular formula is C14H11N3O4. The van der Waals surface area contributed by atoms with Gasteiger partial charge in [-0.05, 0) is 31.0 Å². The van der Waals surface area contributed by atoms with E-state index in [4.69, 9.17) is 9.63 Å². The zero-order chi connectivity index (χ0) is 14.6. The van der Waals surface area contributed by atoms with Gasteiger partial charge in [0, 0.05) is 17.7 Å². The predicted octanol–water partition coefficient (Wildman–Crippen LogP) is 2.02. The van der Waals surface area contributed by atoms with Gasteiger partial charge in [-0.25, -0.2) is 9.59 Å². The standard InChI is InChI=1S/C14H11N3O4/c18-13(19)10-6-12(21-16-10)7-1-4-11-9(5-7)15-14(20)17(11)8-2-3-8/h1,4-6,8H,2-3H2,(H,15,20)(H,18,19). The molecule has 1 aliphatic rings. The maximum Gasteiger partial charge on any atom is 0.358 e. The van der Waals surface area contributed by atoms with E-state index in [1.54, 1.807) is 16.7 Å². The van der Waals surface area contributed by atoms with Crippen LogP contribution in [0.1, 0.15) is 29.4 Å². The summed E-state index contributed by atoms with van der Waals surface area (Å²) in [6.07, 6.45) is 2.05. The zero-order valence-corrected chi connectivity index (χ0v) is 10.9. The topological polar surface area (TPSA) is 101 Å². The molecule has 21 heavy (non-hydrogen) atoms. The average molecular weight is 285 g/mol. The van der Waals surface area contributed by atoms with Gasteiger partial charge < -0.3 is 14.6 Å². The highest BCUT2D eigenvalue weighted by atomic mass is 16.5. The SMILES string of the molecule is O=C(O)c1cc(-c2ccc3c(c2)[nH]c(=O)n3C2CC2)on1. The fourth-order valence-electron chi connectivity index (χ4n) is 2.49. The van der Waals surface area contributed by atoms with E-state index in [9.17, 15) is 9.59 Å². The molecule has 7 heteroatoms. The predicted molar refractivity (Wildman–Crippen MR) is 73.3 cm³/mol. The Morgan fingerprint density at radius 1 is 1.38 bits per heavy atom. The molecule has 0 bridgehead atoms. The van der Waals surface area contributed by atoms with Crippen molar-refractivity contribution in [2.24, 2.45) is 0 Å². The number of hydrogen-bond donors (Lipinski definition) is 2. The molecule has 1 aromatic carbocycles. The number of aromatic nitrogens is 3. The number of hydrogen-bond acceptors (Lipinski definition) is 4. The van der Waals surface area contributed by atoms with Gasteiger partial charge in [-0.2, -0.15) is 0 Å². The Morgan fingerprint density at radius 2 is 2.19 bits per heavy atom. The molecule has 0 aliphatic heterocycles. The third kappa shape index (κ3) is 1.85. The van der Waals surface area contributed by atoms with E-state index in [-0.39, 0.29) is 11.4 Å². The second-order valence-electron chi connectivity index (χ2n) is 5.14. The molecule has 0 saturated heterocycles. The van der Waals surface area contributed by atoms with Gasteiger partial charge in [0.1, 0.15) is 0 Å². The normalized spacial score (nSPS) is 14.7. The number of aromatic amines is 1. The summed E-state index contributed by atoms with van der Waals surface area (Å²) >= 11 is 0. The van der Waals surface area contributed by atoms with Gasteiger partial charge in [-0.15, -0.1) is 0 Å². The van der Waals surface area contributed by atoms with Gasteiger partial charge in [0.25, 0.3) is 0 Å². The van der Waals surface area contributed by atoms with Crippen LogP contribution in [0, 0.1) is 0 Å². The zero-order valence-electron chi connectivity index (χ0n) is 10.9. The summed E-state index contributed by atoms with van der Waals surface area (Å²) in [6, 6.07) is 7.05. The number of rotatable bonds is 3. The Labute approximate surface area is 117 Å². The first-order valence-corrected chi connectivity index (χ1v) is 6.58. The van der Waals surface area contributed by atoms with Crippen LogP contribution in [0.15, 0.2) is 33.6 Å². The number of carbonyl (C=O) groups is 1. The number of carboxylic acids is 1. The van der Waals surface area contributed by atoms with E-state index in [0.717, 1.165) is 18.4 Å². The van der Waals surface area contributed by atoms with Gasteiger partial charge >= 0.3 is 11.7 Å². The number of aromatic carboxylic acids is 1. The van der Waals surface area contributed by atoms with E-state index < -0.39 is 5.97 Å². The second-order valence-corrected chi connectivity index (χ2v) is 5.14. The number of carboxylic acid groups (broad SMARTS) is 1. The van der Waals surface area contributed by atoms with Crippen molar-refractivity contribution in [3.63, 3.8) is 0 Å². The lowest BCUT2D eigenvalue weighted by molar-refractivity contribution is 0.0686. The van der Waals surface area contributed by atoms with Crippen molar-refractivity contribution in [3.05, 3.63) is 40.4 Å². The van der Waals surface area contributed by atoms with Gasteiger partial charge in [-0.1, -0.05) is 5.16 Å². The van der Waals surface area contributed by atoms with E-state index in [1.807, 2.05) is 6.07 Å². The second kappa shape index (κ2) is 4.08. The molecule has 1 fully saturated rings. The average Bonchev–Trinajstić information content (AvgIpc) is 3.05. The van der Waals surface area contributed by atoms with Crippen LogP contribution in [-0.2, 0) is 0 Å². The number of fused-ring (bicyclic) bond motifs is 1. The molecule has 0 spiro atoms. The fraction of sp³-hybridized carbons (Fsp3) is 0.214. The lowest BCUT2D eigenvalue weighted by Gasteiger charge is -2.00. The van der Waals surface area contributed by atoms with Crippen molar-refractivity contribution >= 4 is 17.0 Å². The Balaban J connectivity index is 1.83. The summed E-state index contributed by atoms with van der Waals surface area (Å²) in [5, 5.41) is 12.3. The molecule has 2 N–H and O–H groups in total. The van der Waals surface area contributed by atoms with Crippen molar-refractivity contribution in [2.75, 3.05) is 0 Å². The summed E-state index contributed by atoms with van der Waals surface area (Å²) in [5.41, 5.74) is 1.97. The number of imidazole rings is 1. The molecule has 3 aromatic rings. The Morgan fingerprint density at radius 3 is 2.86 bits per heavy atom. The van der Waals surface area contributed by atoms with Crippen LogP contribution in [-0.4, -0.2) is 25.8 Å². The van der Waals surface area contributed by atoms with Gasteiger partial charge in [0.2, 0.25) is 0 Å². The molecule has 4 rings (SSSR count). The number of H-pyrrole nitrogens is 1. The first kappa shape index (κ1) is 12.0. The minimum absolute atomic E-state index is 0.117. The molecule has 1 saturated carbocycles. The lowest BCUT2D eigenvalue weighted by atomic mass is 10.1. The van der Waals surface area contributed by atoms with E-state index in [0.29, 0.717) is 22.9 Å². The van der Waals surface area contributed by atoms with Crippen LogP contribution in [0.4, 0.5) is 0 Å². The first-order chi connectivity index (χ1) is 10.1. The summed E-state index contributed by atoms with van der Waals surface area (Å²) in [6.45, 7) is 0. The Bertz CT molecular complexity index is 914. The quantitative estimate of drug-likeness (QED) is 0.766. The third-order valence-electron chi connectivity index (χ3n) is 3.64. The summed E-state index contributed by atoms with van der Waals surface area (Å²) < 4.78 is 6.79. The number of benzene rings is 1. The molecule has 7 nitrogen and oxygen atoms in total. The van der Waals surface area contributed by atoms with Crippen molar-refractivity contribution in [3.8, 4) is 11.3 Å². The highest BCUT2D eigenvalue weighted by Crippen LogP contribution is 2.36. The molecule has 0 radical (unpaired) electrons. The first-order valence-electron chi connectivity index (χ1n) is 6.58. The minimum Gasteiger partial charge on any atom is -0.476 e. The highest BCUT2D eigenvalue weighted by Gasteiger charge is 2.27. The summed E-state index contributed by atoms with van der Waals surface area (Å²) in [5.74, 6) is -0.784. The van der Waals surface area contributed by atoms with Crippen LogP contribution < -0.4 is 5.69 Å². The molecule has 2 heterocycles. The van der Waals surface area contributed by atoms with Crippen molar-refractivity contribution in [2.45, 2.75) is 18.9 Å². The van der Waals surface area contributed by atoms with Gasteiger partial charge in [0.15, 0.2) is 11.5 Å². The highest BCUT2D eigenvalue weighted by molar-refractivity contribution is 5.87. The fourth-order valence-corrected chi connectivity index (χ4v) is 2.49. The smallest absolute Gasteiger partial charge is 0.358 e. The van der Waals surface area contributed by atoms with Crippen molar-refractivity contribution in [1.82, 2.24) is 14.7 Å². The molecular weight excluding hydrogens is 274 g/mol. The largest absolute Gasteiger partial charge is 0.476 e. The van der Waals surface area contributed by atoms with Crippen LogP contribution >= 0.6 is 0 Å². The third-order valence-corrected chi connectivity index (χ3v) is 3.64. The van der Waals surface area contributed by atoms with E-state index >= 15 is 0 Å². The maximum absolute atomic E-state index is 12.0.